The largest absolute Gasteiger partial charge is 0.457 e. The highest BCUT2D eigenvalue weighted by atomic mass is 19.1. The van der Waals surface area contributed by atoms with Crippen molar-refractivity contribution in [2.24, 2.45) is 17.3 Å². The molecule has 1 aromatic carbocycles. The van der Waals surface area contributed by atoms with Crippen LogP contribution in [-0.2, 0) is 20.9 Å². The van der Waals surface area contributed by atoms with Crippen LogP contribution in [0.25, 0.3) is 0 Å². The van der Waals surface area contributed by atoms with Crippen molar-refractivity contribution in [1.82, 2.24) is 15.0 Å². The zero-order valence-corrected chi connectivity index (χ0v) is 18.6. The first-order valence-electron chi connectivity index (χ1n) is 11.2. The molecule has 2 N–H and O–H groups in total. The summed E-state index contributed by atoms with van der Waals surface area (Å²) in [6.45, 7) is 7.74. The second-order valence-electron chi connectivity index (χ2n) is 9.63. The lowest BCUT2D eigenvalue weighted by atomic mass is 9.64. The minimum Gasteiger partial charge on any atom is -0.457 e. The van der Waals surface area contributed by atoms with Crippen LogP contribution in [-0.4, -0.2) is 43.6 Å². The number of benzene rings is 1. The Morgan fingerprint density at radius 1 is 1.33 bits per heavy atom. The monoisotopic (exact) mass is 454 g/mol. The minimum absolute atomic E-state index is 0.0497. The number of rotatable bonds is 4. The molecule has 8 nitrogen and oxygen atoms in total. The molecule has 3 fully saturated rings. The molecular weight excluding hydrogens is 427 g/mol. The van der Waals surface area contributed by atoms with Gasteiger partial charge in [-0.2, -0.15) is 0 Å². The van der Waals surface area contributed by atoms with Gasteiger partial charge in [-0.05, 0) is 37.8 Å². The van der Waals surface area contributed by atoms with Crippen molar-refractivity contribution in [2.45, 2.75) is 57.4 Å². The van der Waals surface area contributed by atoms with Gasteiger partial charge in [0.05, 0.1) is 29.9 Å². The fourth-order valence-corrected chi connectivity index (χ4v) is 6.07. The van der Waals surface area contributed by atoms with Gasteiger partial charge in [0.2, 0.25) is 0 Å². The van der Waals surface area contributed by atoms with Crippen molar-refractivity contribution in [3.63, 3.8) is 0 Å². The SMILES string of the molecule is C=C1C(=O)O[C@@H]2[C@H]1CC[C@H](C)[C@]1(O)[C@@H](n3cc(CNc4ccccc4F)nn3)CC(=O)[C@@]21C. The first kappa shape index (κ1) is 21.8. The number of ether oxygens (including phenoxy) is 1. The summed E-state index contributed by atoms with van der Waals surface area (Å²) in [5, 5.41) is 23.5. The van der Waals surface area contributed by atoms with E-state index >= 15 is 0 Å². The van der Waals surface area contributed by atoms with Gasteiger partial charge in [-0.15, -0.1) is 5.10 Å². The summed E-state index contributed by atoms with van der Waals surface area (Å²) in [5.74, 6) is -1.58. The van der Waals surface area contributed by atoms with Crippen LogP contribution in [0.15, 0.2) is 42.6 Å². The molecule has 1 aromatic heterocycles. The molecule has 33 heavy (non-hydrogen) atoms. The van der Waals surface area contributed by atoms with E-state index in [9.17, 15) is 19.1 Å². The quantitative estimate of drug-likeness (QED) is 0.540. The number of nitrogens with one attached hydrogen (secondary N) is 1. The highest BCUT2D eigenvalue weighted by molar-refractivity contribution is 5.95. The maximum atomic E-state index is 13.9. The number of para-hydroxylation sites is 1. The highest BCUT2D eigenvalue weighted by Crippen LogP contribution is 2.61. The number of carbonyl (C=O) groups is 2. The van der Waals surface area contributed by atoms with E-state index in [-0.39, 0.29) is 36.4 Å². The minimum atomic E-state index is -1.49. The maximum absolute atomic E-state index is 13.9. The maximum Gasteiger partial charge on any atom is 0.334 e. The third-order valence-corrected chi connectivity index (χ3v) is 8.05. The van der Waals surface area contributed by atoms with E-state index in [0.717, 1.165) is 0 Å². The van der Waals surface area contributed by atoms with Crippen molar-refractivity contribution in [3.8, 4) is 0 Å². The highest BCUT2D eigenvalue weighted by Gasteiger charge is 2.72. The van der Waals surface area contributed by atoms with Gasteiger partial charge in [-0.1, -0.05) is 30.8 Å². The predicted molar refractivity (Wildman–Crippen MR) is 116 cm³/mol. The topological polar surface area (TPSA) is 106 Å². The van der Waals surface area contributed by atoms with Crippen molar-refractivity contribution in [1.29, 1.82) is 0 Å². The lowest BCUT2D eigenvalue weighted by Gasteiger charge is -2.46. The smallest absolute Gasteiger partial charge is 0.334 e. The summed E-state index contributed by atoms with van der Waals surface area (Å²) >= 11 is 0. The summed E-state index contributed by atoms with van der Waals surface area (Å²) in [4.78, 5) is 25.7. The van der Waals surface area contributed by atoms with Crippen molar-refractivity contribution in [2.75, 3.05) is 5.32 Å². The number of Topliss-reactive ketones (excluding diaryl/α,β-unsaturated/α-hetero) is 1. The van der Waals surface area contributed by atoms with Crippen LogP contribution in [0.4, 0.5) is 10.1 Å². The van der Waals surface area contributed by atoms with Gasteiger partial charge in [-0.3, -0.25) is 4.79 Å². The van der Waals surface area contributed by atoms with Crippen LogP contribution < -0.4 is 5.32 Å². The lowest BCUT2D eigenvalue weighted by Crippen LogP contribution is -2.59. The molecule has 9 heteroatoms. The van der Waals surface area contributed by atoms with Crippen LogP contribution >= 0.6 is 0 Å². The van der Waals surface area contributed by atoms with E-state index < -0.39 is 29.1 Å². The van der Waals surface area contributed by atoms with Crippen LogP contribution in [0.5, 0.6) is 0 Å². The second kappa shape index (κ2) is 7.48. The normalized spacial score (nSPS) is 35.7. The molecule has 0 unspecified atom stereocenters. The number of ketones is 1. The van der Waals surface area contributed by atoms with Gasteiger partial charge >= 0.3 is 5.97 Å². The number of nitrogens with zero attached hydrogens (tertiary/aromatic N) is 3. The van der Waals surface area contributed by atoms with E-state index in [4.69, 9.17) is 4.74 Å². The Hall–Kier alpha value is -3.07. The number of anilines is 1. The third-order valence-electron chi connectivity index (χ3n) is 8.05. The fraction of sp³-hybridized carbons (Fsp3) is 0.500. The van der Waals surface area contributed by atoms with Crippen molar-refractivity contribution < 1.29 is 23.8 Å². The van der Waals surface area contributed by atoms with Gasteiger partial charge in [-0.25, -0.2) is 13.9 Å². The number of aromatic nitrogens is 3. The number of halogens is 1. The Kier molecular flexibility index (Phi) is 4.93. The molecule has 2 saturated carbocycles. The number of hydrogen-bond acceptors (Lipinski definition) is 7. The summed E-state index contributed by atoms with van der Waals surface area (Å²) in [5.41, 5.74) is -1.51. The third kappa shape index (κ3) is 2.98. The zero-order valence-electron chi connectivity index (χ0n) is 18.6. The van der Waals surface area contributed by atoms with Crippen molar-refractivity contribution in [3.05, 3.63) is 54.1 Å². The summed E-state index contributed by atoms with van der Waals surface area (Å²) in [6, 6.07) is 5.68. The van der Waals surface area contributed by atoms with Gasteiger partial charge < -0.3 is 15.2 Å². The Labute approximate surface area is 190 Å². The average molecular weight is 455 g/mol. The number of aliphatic hydroxyl groups is 1. The molecule has 1 saturated heterocycles. The Morgan fingerprint density at radius 3 is 2.85 bits per heavy atom. The van der Waals surface area contributed by atoms with Crippen LogP contribution in [0.2, 0.25) is 0 Å². The molecule has 0 radical (unpaired) electrons. The Balaban J connectivity index is 1.46. The van der Waals surface area contributed by atoms with Gasteiger partial charge in [0, 0.05) is 17.9 Å². The Bertz CT molecular complexity index is 1150. The Morgan fingerprint density at radius 2 is 2.09 bits per heavy atom. The first-order valence-corrected chi connectivity index (χ1v) is 11.2. The number of carbonyl (C=O) groups excluding carboxylic acids is 2. The van der Waals surface area contributed by atoms with Crippen molar-refractivity contribution >= 4 is 17.4 Å². The summed E-state index contributed by atoms with van der Waals surface area (Å²) < 4.78 is 21.1. The van der Waals surface area contributed by atoms with Crippen LogP contribution in [0.3, 0.4) is 0 Å². The molecule has 174 valence electrons. The van der Waals surface area contributed by atoms with Gasteiger partial charge in [0.15, 0.2) is 0 Å². The lowest BCUT2D eigenvalue weighted by molar-refractivity contribution is -0.178. The van der Waals surface area contributed by atoms with Crippen LogP contribution in [0.1, 0.15) is 44.8 Å². The first-order chi connectivity index (χ1) is 15.7. The average Bonchev–Trinajstić information content (AvgIpc) is 3.41. The van der Waals surface area contributed by atoms with Crippen LogP contribution in [0, 0.1) is 23.1 Å². The van der Waals surface area contributed by atoms with Gasteiger partial charge in [0.25, 0.3) is 0 Å². The molecule has 6 atom stereocenters. The molecule has 2 aliphatic carbocycles. The molecule has 0 spiro atoms. The zero-order chi connectivity index (χ0) is 23.5. The van der Waals surface area contributed by atoms with E-state index in [2.05, 4.69) is 22.2 Å². The van der Waals surface area contributed by atoms with E-state index in [1.807, 2.05) is 6.92 Å². The second-order valence-corrected chi connectivity index (χ2v) is 9.63. The number of esters is 1. The van der Waals surface area contributed by atoms with Gasteiger partial charge in [0.1, 0.15) is 29.0 Å². The van der Waals surface area contributed by atoms with E-state index in [1.54, 1.807) is 31.3 Å². The van der Waals surface area contributed by atoms with E-state index in [1.165, 1.54) is 10.7 Å². The summed E-state index contributed by atoms with van der Waals surface area (Å²) in [7, 11) is 0. The molecule has 1 aliphatic heterocycles. The number of fused-ring (bicyclic) bond motifs is 3. The molecule has 3 aliphatic rings. The standard InChI is InChI=1S/C24H27FN4O4/c1-13-8-9-16-14(2)22(31)33-21(16)23(3)20(30)10-19(24(13,23)32)29-12-15(27-28-29)11-26-18-7-5-4-6-17(18)25/h4-7,12-13,16,19,21,26,32H,2,8-11H2,1,3H3/t13-,16-,19-,21+,23-,24-/m0/s1. The molecular formula is C24H27FN4O4. The number of hydrogen-bond donors (Lipinski definition) is 2. The van der Waals surface area contributed by atoms with E-state index in [0.29, 0.717) is 29.8 Å². The molecule has 0 amide bonds. The summed E-state index contributed by atoms with van der Waals surface area (Å²) in [6.07, 6.45) is 2.20. The molecule has 0 bridgehead atoms. The molecule has 5 rings (SSSR count). The predicted octanol–water partition coefficient (Wildman–Crippen LogP) is 2.81. The molecule has 2 heterocycles. The fourth-order valence-electron chi connectivity index (χ4n) is 6.07. The molecule has 2 aromatic rings.